The van der Waals surface area contributed by atoms with Crippen LogP contribution >= 0.6 is 11.8 Å². The standard InChI is InChI=1S/C9H17N3S/c1-5-12-9(13-6(2)3)8(10)7(4)11-12/h6H,5,10H2,1-4H3. The number of aromatic nitrogens is 2. The summed E-state index contributed by atoms with van der Waals surface area (Å²) in [4.78, 5) is 0. The number of thioether (sulfide) groups is 1. The van der Waals surface area contributed by atoms with Crippen LogP contribution in [0.2, 0.25) is 0 Å². The lowest BCUT2D eigenvalue weighted by Gasteiger charge is -2.07. The van der Waals surface area contributed by atoms with E-state index in [-0.39, 0.29) is 0 Å². The second-order valence-corrected chi connectivity index (χ2v) is 4.85. The molecule has 1 aromatic rings. The molecule has 0 spiro atoms. The van der Waals surface area contributed by atoms with Crippen molar-refractivity contribution in [3.8, 4) is 0 Å². The van der Waals surface area contributed by atoms with E-state index in [0.29, 0.717) is 5.25 Å². The van der Waals surface area contributed by atoms with Gasteiger partial charge in [0.2, 0.25) is 0 Å². The van der Waals surface area contributed by atoms with Crippen molar-refractivity contribution in [2.75, 3.05) is 5.73 Å². The molecule has 0 aliphatic heterocycles. The zero-order valence-corrected chi connectivity index (χ0v) is 9.48. The lowest BCUT2D eigenvalue weighted by molar-refractivity contribution is 0.601. The third-order valence-corrected chi connectivity index (χ3v) is 2.90. The summed E-state index contributed by atoms with van der Waals surface area (Å²) in [6, 6.07) is 0. The van der Waals surface area contributed by atoms with E-state index in [9.17, 15) is 0 Å². The number of nitrogens with two attached hydrogens (primary N) is 1. The summed E-state index contributed by atoms with van der Waals surface area (Å²) in [6.07, 6.45) is 0. The van der Waals surface area contributed by atoms with Gasteiger partial charge in [-0.1, -0.05) is 13.8 Å². The molecule has 0 atom stereocenters. The van der Waals surface area contributed by atoms with Crippen LogP contribution in [0.5, 0.6) is 0 Å². The molecule has 1 heterocycles. The Bertz CT molecular complexity index is 291. The number of nitrogens with zero attached hydrogens (tertiary/aromatic N) is 2. The molecule has 2 N–H and O–H groups in total. The molecule has 13 heavy (non-hydrogen) atoms. The van der Waals surface area contributed by atoms with Gasteiger partial charge in [-0.25, -0.2) is 0 Å². The molecule has 0 saturated heterocycles. The molecule has 0 saturated carbocycles. The lowest BCUT2D eigenvalue weighted by atomic mass is 10.4. The average Bonchev–Trinajstić information content (AvgIpc) is 2.31. The molecule has 0 aromatic carbocycles. The Morgan fingerprint density at radius 3 is 2.62 bits per heavy atom. The average molecular weight is 199 g/mol. The van der Waals surface area contributed by atoms with Gasteiger partial charge in [-0.2, -0.15) is 5.10 Å². The predicted molar refractivity (Wildman–Crippen MR) is 58.0 cm³/mol. The molecule has 0 amide bonds. The maximum absolute atomic E-state index is 5.92. The van der Waals surface area contributed by atoms with Gasteiger partial charge in [-0.05, 0) is 13.8 Å². The Morgan fingerprint density at radius 2 is 2.15 bits per heavy atom. The van der Waals surface area contributed by atoms with Gasteiger partial charge in [0.05, 0.1) is 11.4 Å². The molecule has 0 unspecified atom stereocenters. The van der Waals surface area contributed by atoms with Crippen molar-refractivity contribution in [1.29, 1.82) is 0 Å². The minimum absolute atomic E-state index is 0.545. The molecule has 1 aromatic heterocycles. The Balaban J connectivity index is 3.01. The van der Waals surface area contributed by atoms with Gasteiger partial charge in [-0.15, -0.1) is 11.8 Å². The smallest absolute Gasteiger partial charge is 0.118 e. The number of nitrogen functional groups attached to an aromatic ring is 1. The van der Waals surface area contributed by atoms with Gasteiger partial charge in [0.1, 0.15) is 5.03 Å². The van der Waals surface area contributed by atoms with Crippen LogP contribution in [-0.4, -0.2) is 15.0 Å². The van der Waals surface area contributed by atoms with Crippen molar-refractivity contribution < 1.29 is 0 Å². The summed E-state index contributed by atoms with van der Waals surface area (Å²) in [5.74, 6) is 0. The maximum atomic E-state index is 5.92. The number of anilines is 1. The summed E-state index contributed by atoms with van der Waals surface area (Å²) in [5.41, 5.74) is 7.69. The van der Waals surface area contributed by atoms with Gasteiger partial charge in [-0.3, -0.25) is 4.68 Å². The van der Waals surface area contributed by atoms with E-state index in [2.05, 4.69) is 25.9 Å². The van der Waals surface area contributed by atoms with E-state index in [1.54, 1.807) is 11.8 Å². The molecule has 4 heteroatoms. The molecule has 74 valence electrons. The van der Waals surface area contributed by atoms with Crippen molar-refractivity contribution in [2.24, 2.45) is 0 Å². The fourth-order valence-electron chi connectivity index (χ4n) is 1.14. The highest BCUT2D eigenvalue weighted by Crippen LogP contribution is 2.30. The molecule has 0 aliphatic rings. The SMILES string of the molecule is CCn1nc(C)c(N)c1SC(C)C. The largest absolute Gasteiger partial charge is 0.395 e. The quantitative estimate of drug-likeness (QED) is 0.760. The van der Waals surface area contributed by atoms with Crippen LogP contribution < -0.4 is 5.73 Å². The monoisotopic (exact) mass is 199 g/mol. The second-order valence-electron chi connectivity index (χ2n) is 3.29. The molecule has 0 fully saturated rings. The highest BCUT2D eigenvalue weighted by Gasteiger charge is 2.12. The predicted octanol–water partition coefficient (Wildman–Crippen LogP) is 2.29. The number of aryl methyl sites for hydroxylation is 2. The van der Waals surface area contributed by atoms with Crippen LogP contribution in [0.4, 0.5) is 5.69 Å². The Kier molecular flexibility index (Phi) is 3.25. The third-order valence-electron chi connectivity index (χ3n) is 1.77. The van der Waals surface area contributed by atoms with E-state index in [1.807, 2.05) is 11.6 Å². The fourth-order valence-corrected chi connectivity index (χ4v) is 2.15. The molecule has 0 bridgehead atoms. The molecule has 3 nitrogen and oxygen atoms in total. The fraction of sp³-hybridized carbons (Fsp3) is 0.667. The minimum atomic E-state index is 0.545. The van der Waals surface area contributed by atoms with Gasteiger partial charge in [0.15, 0.2) is 0 Å². The molecule has 0 aliphatic carbocycles. The van der Waals surface area contributed by atoms with E-state index in [4.69, 9.17) is 5.73 Å². The van der Waals surface area contributed by atoms with Crippen LogP contribution in [0.15, 0.2) is 5.03 Å². The Labute approximate surface area is 83.7 Å². The maximum Gasteiger partial charge on any atom is 0.118 e. The van der Waals surface area contributed by atoms with Crippen LogP contribution in [0.25, 0.3) is 0 Å². The number of hydrogen-bond acceptors (Lipinski definition) is 3. The van der Waals surface area contributed by atoms with E-state index in [1.165, 1.54) is 0 Å². The second kappa shape index (κ2) is 4.05. The zero-order valence-electron chi connectivity index (χ0n) is 8.66. The highest BCUT2D eigenvalue weighted by molar-refractivity contribution is 8.00. The van der Waals surface area contributed by atoms with Gasteiger partial charge in [0, 0.05) is 11.8 Å². The molecule has 0 radical (unpaired) electrons. The number of rotatable bonds is 3. The van der Waals surface area contributed by atoms with Crippen LogP contribution in [-0.2, 0) is 6.54 Å². The first-order chi connectivity index (χ1) is 6.06. The normalized spacial score (nSPS) is 11.2. The van der Waals surface area contributed by atoms with Gasteiger partial charge >= 0.3 is 0 Å². The van der Waals surface area contributed by atoms with Gasteiger partial charge in [0.25, 0.3) is 0 Å². The minimum Gasteiger partial charge on any atom is -0.395 e. The van der Waals surface area contributed by atoms with Gasteiger partial charge < -0.3 is 5.73 Å². The molecule has 1 rings (SSSR count). The third kappa shape index (κ3) is 2.18. The summed E-state index contributed by atoms with van der Waals surface area (Å²) in [5, 5.41) is 6.00. The first-order valence-corrected chi connectivity index (χ1v) is 5.43. The van der Waals surface area contributed by atoms with E-state index < -0.39 is 0 Å². The number of hydrogen-bond donors (Lipinski definition) is 1. The Hall–Kier alpha value is -0.640. The van der Waals surface area contributed by atoms with Crippen molar-refractivity contribution in [2.45, 2.75) is 44.5 Å². The lowest BCUT2D eigenvalue weighted by Crippen LogP contribution is -2.01. The summed E-state index contributed by atoms with van der Waals surface area (Å²) in [6.45, 7) is 9.23. The summed E-state index contributed by atoms with van der Waals surface area (Å²) < 4.78 is 1.97. The first-order valence-electron chi connectivity index (χ1n) is 4.55. The zero-order chi connectivity index (χ0) is 10.0. The van der Waals surface area contributed by atoms with Crippen molar-refractivity contribution in [3.05, 3.63) is 5.69 Å². The van der Waals surface area contributed by atoms with Crippen LogP contribution in [0.3, 0.4) is 0 Å². The van der Waals surface area contributed by atoms with Crippen molar-refractivity contribution >= 4 is 17.4 Å². The molecular weight excluding hydrogens is 182 g/mol. The topological polar surface area (TPSA) is 43.8 Å². The van der Waals surface area contributed by atoms with Crippen molar-refractivity contribution in [1.82, 2.24) is 9.78 Å². The van der Waals surface area contributed by atoms with Crippen molar-refractivity contribution in [3.63, 3.8) is 0 Å². The van der Waals surface area contributed by atoms with E-state index >= 15 is 0 Å². The summed E-state index contributed by atoms with van der Waals surface area (Å²) >= 11 is 1.77. The first kappa shape index (κ1) is 10.4. The van der Waals surface area contributed by atoms with Crippen LogP contribution in [0.1, 0.15) is 26.5 Å². The Morgan fingerprint density at radius 1 is 1.54 bits per heavy atom. The molecular formula is C9H17N3S. The van der Waals surface area contributed by atoms with E-state index in [0.717, 1.165) is 23.0 Å². The van der Waals surface area contributed by atoms with Crippen LogP contribution in [0, 0.1) is 6.92 Å². The summed E-state index contributed by atoms with van der Waals surface area (Å²) in [7, 11) is 0. The highest BCUT2D eigenvalue weighted by atomic mass is 32.2.